The molecule has 6 heteroatoms. The van der Waals surface area contributed by atoms with Crippen LogP contribution in [-0.4, -0.2) is 27.2 Å². The van der Waals surface area contributed by atoms with E-state index in [1.807, 2.05) is 0 Å². The molecule has 0 bridgehead atoms. The van der Waals surface area contributed by atoms with Crippen LogP contribution in [0.3, 0.4) is 0 Å². The molecular formula is C11H12BrClO3S. The van der Waals surface area contributed by atoms with Crippen molar-refractivity contribution in [3.63, 3.8) is 0 Å². The maximum absolute atomic E-state index is 10.8. The highest BCUT2D eigenvalue weighted by Crippen LogP contribution is 2.32. The number of benzene rings is 1. The Hall–Kier alpha value is -0.0700. The lowest BCUT2D eigenvalue weighted by molar-refractivity contribution is -0.109. The molecule has 1 aromatic carbocycles. The van der Waals surface area contributed by atoms with Crippen LogP contribution in [0.2, 0.25) is 5.02 Å². The third-order valence-corrected chi connectivity index (χ3v) is 4.46. The van der Waals surface area contributed by atoms with Crippen molar-refractivity contribution < 1.29 is 15.0 Å². The van der Waals surface area contributed by atoms with Gasteiger partial charge in [-0.2, -0.15) is 0 Å². The van der Waals surface area contributed by atoms with E-state index in [2.05, 4.69) is 15.9 Å². The molecule has 0 fully saturated rings. The highest BCUT2D eigenvalue weighted by Gasteiger charge is 2.21. The quantitative estimate of drug-likeness (QED) is 0.885. The Bertz CT molecular complexity index is 414. The zero-order valence-corrected chi connectivity index (χ0v) is 12.2. The minimum absolute atomic E-state index is 0.0959. The minimum atomic E-state index is -1.07. The molecule has 2 unspecified atom stereocenters. The Balaban J connectivity index is 2.77. The maximum atomic E-state index is 10.8. The van der Waals surface area contributed by atoms with Crippen molar-refractivity contribution in [2.75, 3.05) is 5.75 Å². The lowest BCUT2D eigenvalue weighted by Crippen LogP contribution is -2.21. The number of carbonyl (C=O) groups excluding carboxylic acids is 1. The first-order valence-electron chi connectivity index (χ1n) is 4.87. The monoisotopic (exact) mass is 338 g/mol. The van der Waals surface area contributed by atoms with Gasteiger partial charge in [-0.1, -0.05) is 35.5 Å². The minimum Gasteiger partial charge on any atom is -0.389 e. The zero-order chi connectivity index (χ0) is 13.0. The topological polar surface area (TPSA) is 57.5 Å². The average Bonchev–Trinajstić information content (AvgIpc) is 2.28. The van der Waals surface area contributed by atoms with E-state index in [1.165, 1.54) is 6.92 Å². The van der Waals surface area contributed by atoms with Gasteiger partial charge in [0.25, 0.3) is 0 Å². The van der Waals surface area contributed by atoms with Crippen LogP contribution in [0.5, 0.6) is 0 Å². The van der Waals surface area contributed by atoms with E-state index in [1.54, 1.807) is 18.2 Å². The predicted octanol–water partition coefficient (Wildman–Crippen LogP) is 2.78. The molecule has 3 nitrogen and oxygen atoms in total. The molecule has 94 valence electrons. The first kappa shape index (κ1) is 15.0. The van der Waals surface area contributed by atoms with Crippen molar-refractivity contribution in [3.8, 4) is 0 Å². The van der Waals surface area contributed by atoms with Crippen LogP contribution >= 0.6 is 39.3 Å². The van der Waals surface area contributed by atoms with Gasteiger partial charge in [-0.3, -0.25) is 4.79 Å². The molecule has 1 rings (SSSR count). The van der Waals surface area contributed by atoms with Crippen LogP contribution in [0.4, 0.5) is 0 Å². The molecule has 17 heavy (non-hydrogen) atoms. The van der Waals surface area contributed by atoms with E-state index in [0.717, 1.165) is 11.8 Å². The fourth-order valence-electron chi connectivity index (χ4n) is 1.25. The van der Waals surface area contributed by atoms with E-state index in [4.69, 9.17) is 11.6 Å². The molecule has 1 aromatic rings. The zero-order valence-electron chi connectivity index (χ0n) is 9.06. The smallest absolute Gasteiger partial charge is 0.185 e. The number of aliphatic hydroxyl groups excluding tert-OH is 2. The molecule has 2 atom stereocenters. The summed E-state index contributed by atoms with van der Waals surface area (Å²) in [5, 5.41) is 20.1. The second-order valence-corrected chi connectivity index (χ2v) is 5.85. The van der Waals surface area contributed by atoms with E-state index in [-0.39, 0.29) is 10.9 Å². The molecule has 2 N–H and O–H groups in total. The van der Waals surface area contributed by atoms with Gasteiger partial charge in [0.2, 0.25) is 0 Å². The van der Waals surface area contributed by atoms with Gasteiger partial charge in [0, 0.05) is 17.1 Å². The van der Waals surface area contributed by atoms with Crippen LogP contribution in [0, 0.1) is 0 Å². The SMILES string of the molecule is CC(=O)SCC(O)C(O)c1cccc(Cl)c1Br. The number of halogens is 2. The van der Waals surface area contributed by atoms with Crippen LogP contribution in [0.1, 0.15) is 18.6 Å². The largest absolute Gasteiger partial charge is 0.389 e. The molecule has 0 aliphatic carbocycles. The normalized spacial score (nSPS) is 14.4. The summed E-state index contributed by atoms with van der Waals surface area (Å²) >= 11 is 10.1. The Kier molecular flexibility index (Phi) is 5.95. The second-order valence-electron chi connectivity index (χ2n) is 3.46. The van der Waals surface area contributed by atoms with Gasteiger partial charge in [-0.25, -0.2) is 0 Å². The summed E-state index contributed by atoms with van der Waals surface area (Å²) in [6.45, 7) is 1.42. The lowest BCUT2D eigenvalue weighted by atomic mass is 10.1. The standard InChI is InChI=1S/C11H12BrClO3S/c1-6(14)17-5-9(15)11(16)7-3-2-4-8(13)10(7)12/h2-4,9,11,15-16H,5H2,1H3. The van der Waals surface area contributed by atoms with E-state index < -0.39 is 12.2 Å². The van der Waals surface area contributed by atoms with Gasteiger partial charge < -0.3 is 10.2 Å². The number of thioether (sulfide) groups is 1. The Labute approximate surface area is 117 Å². The summed E-state index contributed by atoms with van der Waals surface area (Å²) in [5.41, 5.74) is 0.508. The number of aliphatic hydroxyl groups is 2. The summed E-state index contributed by atoms with van der Waals surface area (Å²) in [5.74, 6) is 0.148. The van der Waals surface area contributed by atoms with Gasteiger partial charge in [0.15, 0.2) is 5.12 Å². The average molecular weight is 340 g/mol. The molecule has 0 aromatic heterocycles. The third kappa shape index (κ3) is 4.26. The fraction of sp³-hybridized carbons (Fsp3) is 0.364. The van der Waals surface area contributed by atoms with Gasteiger partial charge in [-0.05, 0) is 27.6 Å². The van der Waals surface area contributed by atoms with Crippen molar-refractivity contribution in [1.82, 2.24) is 0 Å². The van der Waals surface area contributed by atoms with Crippen molar-refractivity contribution in [1.29, 1.82) is 0 Å². The summed E-state index contributed by atoms with van der Waals surface area (Å²) in [6, 6.07) is 5.04. The lowest BCUT2D eigenvalue weighted by Gasteiger charge is -2.19. The van der Waals surface area contributed by atoms with E-state index in [9.17, 15) is 15.0 Å². The molecule has 0 saturated heterocycles. The Morgan fingerprint density at radius 1 is 1.53 bits per heavy atom. The summed E-state index contributed by atoms with van der Waals surface area (Å²) in [4.78, 5) is 10.8. The van der Waals surface area contributed by atoms with Crippen LogP contribution in [-0.2, 0) is 4.79 Å². The van der Waals surface area contributed by atoms with Crippen molar-refractivity contribution >= 4 is 44.4 Å². The molecule has 0 aliphatic rings. The van der Waals surface area contributed by atoms with Gasteiger partial charge in [0.05, 0.1) is 11.1 Å². The van der Waals surface area contributed by atoms with E-state index in [0.29, 0.717) is 15.1 Å². The van der Waals surface area contributed by atoms with E-state index >= 15 is 0 Å². The van der Waals surface area contributed by atoms with Crippen molar-refractivity contribution in [3.05, 3.63) is 33.3 Å². The highest BCUT2D eigenvalue weighted by atomic mass is 79.9. The first-order chi connectivity index (χ1) is 7.93. The molecule has 0 radical (unpaired) electrons. The van der Waals surface area contributed by atoms with Crippen molar-refractivity contribution in [2.45, 2.75) is 19.1 Å². The molecule has 0 heterocycles. The van der Waals surface area contributed by atoms with Gasteiger partial charge in [0.1, 0.15) is 6.10 Å². The molecule has 0 aliphatic heterocycles. The van der Waals surface area contributed by atoms with Crippen LogP contribution < -0.4 is 0 Å². The first-order valence-corrected chi connectivity index (χ1v) is 7.02. The highest BCUT2D eigenvalue weighted by molar-refractivity contribution is 9.10. The number of hydrogen-bond acceptors (Lipinski definition) is 4. The number of rotatable bonds is 4. The predicted molar refractivity (Wildman–Crippen MR) is 73.3 cm³/mol. The Morgan fingerprint density at radius 2 is 2.18 bits per heavy atom. The Morgan fingerprint density at radius 3 is 2.76 bits per heavy atom. The van der Waals surface area contributed by atoms with Crippen molar-refractivity contribution in [2.24, 2.45) is 0 Å². The summed E-state index contributed by atoms with van der Waals surface area (Å²) < 4.78 is 0.557. The molecular weight excluding hydrogens is 328 g/mol. The maximum Gasteiger partial charge on any atom is 0.185 e. The van der Waals surface area contributed by atoms with Crippen LogP contribution in [0.25, 0.3) is 0 Å². The molecule has 0 saturated carbocycles. The fourth-order valence-corrected chi connectivity index (χ4v) is 2.52. The summed E-state index contributed by atoms with van der Waals surface area (Å²) in [7, 11) is 0. The number of carbonyl (C=O) groups is 1. The van der Waals surface area contributed by atoms with Gasteiger partial charge >= 0.3 is 0 Å². The third-order valence-electron chi connectivity index (χ3n) is 2.12. The number of hydrogen-bond donors (Lipinski definition) is 2. The molecule has 0 spiro atoms. The second kappa shape index (κ2) is 6.75. The molecule has 0 amide bonds. The summed E-state index contributed by atoms with van der Waals surface area (Å²) in [6.07, 6.45) is -2.09. The van der Waals surface area contributed by atoms with Crippen LogP contribution in [0.15, 0.2) is 22.7 Å². The van der Waals surface area contributed by atoms with Gasteiger partial charge in [-0.15, -0.1) is 0 Å².